The zero-order valence-corrected chi connectivity index (χ0v) is 8.51. The van der Waals surface area contributed by atoms with Gasteiger partial charge in [0.15, 0.2) is 0 Å². The van der Waals surface area contributed by atoms with Crippen molar-refractivity contribution in [3.8, 4) is 17.2 Å². The van der Waals surface area contributed by atoms with E-state index in [1.54, 1.807) is 0 Å². The molecule has 0 aliphatic rings. The molecule has 0 radical (unpaired) electrons. The van der Waals surface area contributed by atoms with Gasteiger partial charge in [-0.15, -0.1) is 4.37 Å². The van der Waals surface area contributed by atoms with Gasteiger partial charge < -0.3 is 9.15 Å². The van der Waals surface area contributed by atoms with E-state index in [1.165, 1.54) is 25.3 Å². The molecule has 0 aliphatic heterocycles. The second-order valence-electron chi connectivity index (χ2n) is 2.69. The lowest BCUT2D eigenvalue weighted by Crippen LogP contribution is -1.89. The normalized spacial score (nSPS) is 10.3. The quantitative estimate of drug-likeness (QED) is 0.786. The molecule has 0 amide bonds. The van der Waals surface area contributed by atoms with E-state index in [-0.39, 0.29) is 11.5 Å². The Hall–Kier alpha value is -1.69. The minimum absolute atomic E-state index is 0.0265. The average Bonchev–Trinajstić information content (AvgIpc) is 2.65. The number of halogens is 1. The summed E-state index contributed by atoms with van der Waals surface area (Å²) in [5, 5.41) is 0. The maximum atomic E-state index is 13.3. The van der Waals surface area contributed by atoms with E-state index in [1.807, 2.05) is 0 Å². The molecular formula is C9H6FNO3S. The van der Waals surface area contributed by atoms with Crippen molar-refractivity contribution in [1.29, 1.82) is 0 Å². The molecule has 78 valence electrons. The van der Waals surface area contributed by atoms with E-state index in [0.29, 0.717) is 17.3 Å². The van der Waals surface area contributed by atoms with Gasteiger partial charge in [0.2, 0.25) is 5.89 Å². The molecule has 6 heteroatoms. The molecule has 0 N–H and O–H groups in total. The Bertz CT molecular complexity index is 534. The van der Waals surface area contributed by atoms with Crippen molar-refractivity contribution in [2.75, 3.05) is 7.11 Å². The number of hydrogen-bond donors (Lipinski definition) is 0. The SMILES string of the molecule is COc1ccc(F)c(-c2nsc(=O)o2)c1. The maximum Gasteiger partial charge on any atom is 0.414 e. The third-order valence-corrected chi connectivity index (χ3v) is 2.28. The summed E-state index contributed by atoms with van der Waals surface area (Å²) in [5.41, 5.74) is 0.118. The summed E-state index contributed by atoms with van der Waals surface area (Å²) in [7, 11) is 1.47. The lowest BCUT2D eigenvalue weighted by atomic mass is 10.2. The molecule has 0 saturated heterocycles. The van der Waals surface area contributed by atoms with Crippen LogP contribution in [0.2, 0.25) is 0 Å². The Balaban J connectivity index is 2.56. The summed E-state index contributed by atoms with van der Waals surface area (Å²) in [5.74, 6) is -0.0618. The molecule has 2 rings (SSSR count). The lowest BCUT2D eigenvalue weighted by Gasteiger charge is -2.01. The summed E-state index contributed by atoms with van der Waals surface area (Å²) < 4.78 is 26.7. The number of ether oxygens (including phenoxy) is 1. The van der Waals surface area contributed by atoms with Gasteiger partial charge in [-0.1, -0.05) is 0 Å². The Kier molecular flexibility index (Phi) is 2.51. The van der Waals surface area contributed by atoms with Crippen LogP contribution < -0.4 is 9.68 Å². The number of rotatable bonds is 2. The predicted octanol–water partition coefficient (Wildman–Crippen LogP) is 1.91. The third-order valence-electron chi connectivity index (χ3n) is 1.79. The molecule has 4 nitrogen and oxygen atoms in total. The monoisotopic (exact) mass is 227 g/mol. The largest absolute Gasteiger partial charge is 0.497 e. The van der Waals surface area contributed by atoms with Crippen LogP contribution in [-0.2, 0) is 0 Å². The van der Waals surface area contributed by atoms with Crippen LogP contribution in [0.5, 0.6) is 5.75 Å². The van der Waals surface area contributed by atoms with Gasteiger partial charge in [0.25, 0.3) is 0 Å². The van der Waals surface area contributed by atoms with Gasteiger partial charge in [0.1, 0.15) is 11.6 Å². The molecule has 0 fully saturated rings. The van der Waals surface area contributed by atoms with Crippen LogP contribution in [0.3, 0.4) is 0 Å². The molecule has 1 heterocycles. The minimum Gasteiger partial charge on any atom is -0.497 e. The van der Waals surface area contributed by atoms with E-state index >= 15 is 0 Å². The van der Waals surface area contributed by atoms with E-state index in [4.69, 9.17) is 9.15 Å². The molecule has 0 unspecified atom stereocenters. The maximum absolute atomic E-state index is 13.3. The Morgan fingerprint density at radius 3 is 2.93 bits per heavy atom. The van der Waals surface area contributed by atoms with Crippen LogP contribution in [-0.4, -0.2) is 11.5 Å². The van der Waals surface area contributed by atoms with E-state index in [0.717, 1.165) is 0 Å². The first-order chi connectivity index (χ1) is 7.20. The van der Waals surface area contributed by atoms with Crippen molar-refractivity contribution in [3.05, 3.63) is 33.8 Å². The first kappa shape index (κ1) is 9.85. The number of nitrogens with zero attached hydrogens (tertiary/aromatic N) is 1. The van der Waals surface area contributed by atoms with Crippen LogP contribution in [0.25, 0.3) is 11.5 Å². The van der Waals surface area contributed by atoms with Crippen LogP contribution in [0.15, 0.2) is 27.4 Å². The summed E-state index contributed by atoms with van der Waals surface area (Å²) in [6.45, 7) is 0. The first-order valence-corrected chi connectivity index (χ1v) is 4.79. The van der Waals surface area contributed by atoms with Gasteiger partial charge in [-0.25, -0.2) is 9.18 Å². The van der Waals surface area contributed by atoms with Crippen LogP contribution in [0.1, 0.15) is 0 Å². The fourth-order valence-corrected chi connectivity index (χ4v) is 1.50. The fourth-order valence-electron chi connectivity index (χ4n) is 1.09. The summed E-state index contributed by atoms with van der Waals surface area (Å²) in [6.07, 6.45) is 0. The van der Waals surface area contributed by atoms with Crippen molar-refractivity contribution in [1.82, 2.24) is 4.37 Å². The number of hydrogen-bond acceptors (Lipinski definition) is 5. The lowest BCUT2D eigenvalue weighted by molar-refractivity contribution is 0.413. The van der Waals surface area contributed by atoms with Gasteiger partial charge in [0, 0.05) is 0 Å². The van der Waals surface area contributed by atoms with Gasteiger partial charge in [-0.05, 0) is 18.2 Å². The topological polar surface area (TPSA) is 52.3 Å². The van der Waals surface area contributed by atoms with Crippen LogP contribution in [0.4, 0.5) is 4.39 Å². The highest BCUT2D eigenvalue weighted by molar-refractivity contribution is 7.02. The highest BCUT2D eigenvalue weighted by atomic mass is 32.1. The highest BCUT2D eigenvalue weighted by Crippen LogP contribution is 2.25. The van der Waals surface area contributed by atoms with E-state index in [2.05, 4.69) is 4.37 Å². The van der Waals surface area contributed by atoms with Crippen molar-refractivity contribution in [2.24, 2.45) is 0 Å². The molecule has 0 spiro atoms. The molecule has 0 bridgehead atoms. The van der Waals surface area contributed by atoms with Crippen molar-refractivity contribution >= 4 is 11.5 Å². The molecule has 1 aromatic heterocycles. The first-order valence-electron chi connectivity index (χ1n) is 4.01. The second-order valence-corrected chi connectivity index (χ2v) is 3.38. The van der Waals surface area contributed by atoms with Crippen molar-refractivity contribution in [2.45, 2.75) is 0 Å². The van der Waals surface area contributed by atoms with Crippen LogP contribution in [0, 0.1) is 5.82 Å². The van der Waals surface area contributed by atoms with Crippen molar-refractivity contribution in [3.63, 3.8) is 0 Å². The fraction of sp³-hybridized carbons (Fsp3) is 0.111. The minimum atomic E-state index is -0.563. The molecule has 0 saturated carbocycles. The van der Waals surface area contributed by atoms with Gasteiger partial charge in [-0.2, -0.15) is 0 Å². The van der Waals surface area contributed by atoms with E-state index < -0.39 is 10.8 Å². The molecule has 15 heavy (non-hydrogen) atoms. The van der Waals surface area contributed by atoms with Crippen LogP contribution >= 0.6 is 11.5 Å². The summed E-state index contributed by atoms with van der Waals surface area (Å²) >= 11 is 0.642. The zero-order valence-electron chi connectivity index (χ0n) is 7.69. The highest BCUT2D eigenvalue weighted by Gasteiger charge is 2.12. The third kappa shape index (κ3) is 1.89. The molecule has 2 aromatic rings. The predicted molar refractivity (Wildman–Crippen MR) is 52.6 cm³/mol. The summed E-state index contributed by atoms with van der Waals surface area (Å²) in [4.78, 5) is 10.2. The summed E-state index contributed by atoms with van der Waals surface area (Å²) in [6, 6.07) is 4.13. The number of benzene rings is 1. The Labute approximate surface area is 88.1 Å². The molecule has 0 aliphatic carbocycles. The zero-order chi connectivity index (χ0) is 10.8. The molecule has 0 atom stereocenters. The molecule has 1 aromatic carbocycles. The van der Waals surface area contributed by atoms with Gasteiger partial charge >= 0.3 is 4.94 Å². The number of aromatic nitrogens is 1. The molecular weight excluding hydrogens is 221 g/mol. The number of methoxy groups -OCH3 is 1. The van der Waals surface area contributed by atoms with E-state index in [9.17, 15) is 9.18 Å². The smallest absolute Gasteiger partial charge is 0.414 e. The second kappa shape index (κ2) is 3.82. The standard InChI is InChI=1S/C9H6FNO3S/c1-13-5-2-3-7(10)6(4-5)8-11-15-9(12)14-8/h2-4H,1H3. The van der Waals surface area contributed by atoms with Crippen molar-refractivity contribution < 1.29 is 13.5 Å². The Morgan fingerprint density at radius 1 is 1.53 bits per heavy atom. The van der Waals surface area contributed by atoms with Gasteiger partial charge in [-0.3, -0.25) is 0 Å². The Morgan fingerprint density at radius 2 is 2.33 bits per heavy atom. The average molecular weight is 227 g/mol. The van der Waals surface area contributed by atoms with Gasteiger partial charge in [0.05, 0.1) is 24.2 Å².